The van der Waals surface area contributed by atoms with Gasteiger partial charge in [-0.05, 0) is 30.5 Å². The lowest BCUT2D eigenvalue weighted by Crippen LogP contribution is -2.39. The third kappa shape index (κ3) is 3.42. The largest absolute Gasteiger partial charge is 0.334 e. The highest BCUT2D eigenvalue weighted by Gasteiger charge is 2.32. The third-order valence-electron chi connectivity index (χ3n) is 4.56. The van der Waals surface area contributed by atoms with Crippen molar-refractivity contribution < 1.29 is 4.79 Å². The molecule has 26 heavy (non-hydrogen) atoms. The van der Waals surface area contributed by atoms with Crippen molar-refractivity contribution in [3.63, 3.8) is 0 Å². The van der Waals surface area contributed by atoms with Crippen molar-refractivity contribution >= 4 is 6.03 Å². The quantitative estimate of drug-likeness (QED) is 0.759. The summed E-state index contributed by atoms with van der Waals surface area (Å²) in [7, 11) is 0. The molecule has 0 unspecified atom stereocenters. The summed E-state index contributed by atoms with van der Waals surface area (Å²) in [5.41, 5.74) is 1.98. The second kappa shape index (κ2) is 7.35. The average molecular weight is 348 g/mol. The normalized spacial score (nSPS) is 16.6. The minimum absolute atomic E-state index is 0.0711. The molecule has 1 saturated heterocycles. The molecular weight excluding hydrogens is 328 g/mol. The van der Waals surface area contributed by atoms with Crippen LogP contribution in [0.3, 0.4) is 0 Å². The number of rotatable bonds is 4. The number of benzene rings is 1. The van der Waals surface area contributed by atoms with Gasteiger partial charge in [-0.1, -0.05) is 30.3 Å². The molecule has 1 aromatic carbocycles. The molecule has 132 valence electrons. The number of urea groups is 1. The summed E-state index contributed by atoms with van der Waals surface area (Å²) < 4.78 is 0. The first-order chi connectivity index (χ1) is 12.8. The summed E-state index contributed by atoms with van der Waals surface area (Å²) in [5.74, 6) is 1.35. The Kier molecular flexibility index (Phi) is 4.59. The lowest BCUT2D eigenvalue weighted by atomic mass is 10.2. The Balaban J connectivity index is 1.45. The first kappa shape index (κ1) is 16.3. The van der Waals surface area contributed by atoms with Crippen LogP contribution in [-0.2, 0) is 6.54 Å². The third-order valence-corrected chi connectivity index (χ3v) is 4.56. The summed E-state index contributed by atoms with van der Waals surface area (Å²) in [6.45, 7) is 1.23. The number of pyridine rings is 1. The number of amides is 2. The van der Waals surface area contributed by atoms with Crippen LogP contribution < -0.4 is 5.32 Å². The van der Waals surface area contributed by atoms with Gasteiger partial charge in [-0.25, -0.2) is 9.78 Å². The minimum Gasteiger partial charge on any atom is -0.334 e. The van der Waals surface area contributed by atoms with Gasteiger partial charge in [0, 0.05) is 31.0 Å². The number of aromatic amines is 1. The highest BCUT2D eigenvalue weighted by atomic mass is 16.2. The molecule has 0 spiro atoms. The highest BCUT2D eigenvalue weighted by Crippen LogP contribution is 2.30. The van der Waals surface area contributed by atoms with Gasteiger partial charge in [0.15, 0.2) is 5.82 Å². The Bertz CT molecular complexity index is 864. The summed E-state index contributed by atoms with van der Waals surface area (Å²) in [4.78, 5) is 23.1. The summed E-state index contributed by atoms with van der Waals surface area (Å²) in [6, 6.07) is 13.5. The Morgan fingerprint density at radius 1 is 1.19 bits per heavy atom. The van der Waals surface area contributed by atoms with Gasteiger partial charge < -0.3 is 10.2 Å². The Morgan fingerprint density at radius 3 is 2.81 bits per heavy atom. The molecule has 1 atom stereocenters. The maximum atomic E-state index is 12.6. The topological polar surface area (TPSA) is 86.8 Å². The van der Waals surface area contributed by atoms with Crippen molar-refractivity contribution in [3.05, 3.63) is 66.2 Å². The van der Waals surface area contributed by atoms with Crippen LogP contribution in [0.15, 0.2) is 54.9 Å². The van der Waals surface area contributed by atoms with Crippen LogP contribution in [0.25, 0.3) is 11.4 Å². The molecule has 1 fully saturated rings. The minimum atomic E-state index is -0.0751. The molecule has 2 amide bonds. The predicted molar refractivity (Wildman–Crippen MR) is 97.0 cm³/mol. The van der Waals surface area contributed by atoms with Gasteiger partial charge in [-0.3, -0.25) is 10.1 Å². The molecule has 7 nitrogen and oxygen atoms in total. The second-order valence-corrected chi connectivity index (χ2v) is 6.28. The number of likely N-dealkylation sites (tertiary alicyclic amines) is 1. The van der Waals surface area contributed by atoms with Crippen LogP contribution in [0, 0.1) is 0 Å². The van der Waals surface area contributed by atoms with Gasteiger partial charge in [0.05, 0.1) is 6.04 Å². The monoisotopic (exact) mass is 348 g/mol. The van der Waals surface area contributed by atoms with Crippen molar-refractivity contribution in [2.45, 2.75) is 25.4 Å². The molecular formula is C19H20N6O. The van der Waals surface area contributed by atoms with Crippen LogP contribution >= 0.6 is 0 Å². The lowest BCUT2D eigenvalue weighted by Gasteiger charge is -2.23. The number of aromatic nitrogens is 4. The Hall–Kier alpha value is -3.22. The van der Waals surface area contributed by atoms with E-state index < -0.39 is 0 Å². The van der Waals surface area contributed by atoms with E-state index in [4.69, 9.17) is 0 Å². The molecule has 1 aliphatic heterocycles. The first-order valence-corrected chi connectivity index (χ1v) is 8.72. The molecule has 0 aliphatic carbocycles. The van der Waals surface area contributed by atoms with E-state index >= 15 is 0 Å². The van der Waals surface area contributed by atoms with Crippen LogP contribution in [0.1, 0.15) is 30.3 Å². The van der Waals surface area contributed by atoms with Crippen LogP contribution in [0.5, 0.6) is 0 Å². The van der Waals surface area contributed by atoms with Gasteiger partial charge in [0.2, 0.25) is 0 Å². The molecule has 2 aromatic heterocycles. The van der Waals surface area contributed by atoms with Crippen molar-refractivity contribution in [3.8, 4) is 11.4 Å². The zero-order valence-electron chi connectivity index (χ0n) is 14.3. The standard InChI is InChI=1S/C19H20N6O/c26-19(21-13-14-5-2-1-3-6-14)25-12-4-7-16(25)18-22-17(23-24-18)15-8-10-20-11-9-15/h1-3,5-6,8-11,16H,4,7,12-13H2,(H,21,26)(H,22,23,24)/t16-/m0/s1. The van der Waals surface area contributed by atoms with Gasteiger partial charge in [-0.2, -0.15) is 5.10 Å². The first-order valence-electron chi connectivity index (χ1n) is 8.72. The van der Waals surface area contributed by atoms with Crippen molar-refractivity contribution in [1.29, 1.82) is 0 Å². The van der Waals surface area contributed by atoms with E-state index in [0.717, 1.165) is 36.3 Å². The van der Waals surface area contributed by atoms with Crippen LogP contribution in [0.2, 0.25) is 0 Å². The second-order valence-electron chi connectivity index (χ2n) is 6.28. The zero-order valence-corrected chi connectivity index (χ0v) is 14.3. The van der Waals surface area contributed by atoms with Crippen molar-refractivity contribution in [2.24, 2.45) is 0 Å². The van der Waals surface area contributed by atoms with E-state index in [1.807, 2.05) is 47.4 Å². The fourth-order valence-corrected chi connectivity index (χ4v) is 3.22. The van der Waals surface area contributed by atoms with E-state index in [1.165, 1.54) is 0 Å². The fraction of sp³-hybridized carbons (Fsp3) is 0.263. The molecule has 2 N–H and O–H groups in total. The number of H-pyrrole nitrogens is 1. The highest BCUT2D eigenvalue weighted by molar-refractivity contribution is 5.75. The van der Waals surface area contributed by atoms with Gasteiger partial charge in [0.25, 0.3) is 0 Å². The number of carbonyl (C=O) groups is 1. The molecule has 0 saturated carbocycles. The maximum absolute atomic E-state index is 12.6. The number of hydrogen-bond acceptors (Lipinski definition) is 4. The fourth-order valence-electron chi connectivity index (χ4n) is 3.22. The van der Waals surface area contributed by atoms with Crippen LogP contribution in [0.4, 0.5) is 4.79 Å². The summed E-state index contributed by atoms with van der Waals surface area (Å²) >= 11 is 0. The van der Waals surface area contributed by atoms with Crippen molar-refractivity contribution in [1.82, 2.24) is 30.4 Å². The molecule has 4 rings (SSSR count). The Morgan fingerprint density at radius 2 is 2.00 bits per heavy atom. The van der Waals surface area contributed by atoms with Crippen molar-refractivity contribution in [2.75, 3.05) is 6.54 Å². The lowest BCUT2D eigenvalue weighted by molar-refractivity contribution is 0.190. The zero-order chi connectivity index (χ0) is 17.8. The molecule has 3 heterocycles. The number of hydrogen-bond donors (Lipinski definition) is 2. The van der Waals surface area contributed by atoms with E-state index in [-0.39, 0.29) is 12.1 Å². The van der Waals surface area contributed by atoms with Gasteiger partial charge >= 0.3 is 6.03 Å². The number of nitrogens with zero attached hydrogens (tertiary/aromatic N) is 4. The Labute approximate surface area is 151 Å². The molecule has 0 radical (unpaired) electrons. The smallest absolute Gasteiger partial charge is 0.318 e. The summed E-state index contributed by atoms with van der Waals surface area (Å²) in [5, 5.41) is 10.3. The number of carbonyl (C=O) groups excluding carboxylic acids is 1. The molecule has 0 bridgehead atoms. The van der Waals surface area contributed by atoms with Gasteiger partial charge in [-0.15, -0.1) is 0 Å². The van der Waals surface area contributed by atoms with E-state index in [9.17, 15) is 4.79 Å². The molecule has 3 aromatic rings. The number of nitrogens with one attached hydrogen (secondary N) is 2. The summed E-state index contributed by atoms with van der Waals surface area (Å²) in [6.07, 6.45) is 5.26. The van der Waals surface area contributed by atoms with Crippen LogP contribution in [-0.4, -0.2) is 37.6 Å². The predicted octanol–water partition coefficient (Wildman–Crippen LogP) is 2.91. The van der Waals surface area contributed by atoms with E-state index in [1.54, 1.807) is 12.4 Å². The van der Waals surface area contributed by atoms with E-state index in [2.05, 4.69) is 25.5 Å². The molecule has 1 aliphatic rings. The van der Waals surface area contributed by atoms with Gasteiger partial charge in [0.1, 0.15) is 5.82 Å². The molecule has 7 heteroatoms. The van der Waals surface area contributed by atoms with E-state index in [0.29, 0.717) is 12.4 Å². The average Bonchev–Trinajstić information content (AvgIpc) is 3.37. The SMILES string of the molecule is O=C(NCc1ccccc1)N1CCC[C@H]1c1nc(-c2ccncc2)n[nH]1. The maximum Gasteiger partial charge on any atom is 0.318 e.